The summed E-state index contributed by atoms with van der Waals surface area (Å²) in [7, 11) is 2.97. The van der Waals surface area contributed by atoms with Gasteiger partial charge in [0.15, 0.2) is 0 Å². The number of carbonyl (C=O) groups is 2. The van der Waals surface area contributed by atoms with Gasteiger partial charge in [-0.3, -0.25) is 9.59 Å². The molecule has 0 spiro atoms. The molecule has 0 bridgehead atoms. The van der Waals surface area contributed by atoms with Crippen molar-refractivity contribution in [1.29, 1.82) is 0 Å². The lowest BCUT2D eigenvalue weighted by Crippen LogP contribution is -2.31. The van der Waals surface area contributed by atoms with E-state index in [0.717, 1.165) is 4.90 Å². The first-order valence-corrected chi connectivity index (χ1v) is 5.55. The predicted octanol–water partition coefficient (Wildman–Crippen LogP) is 1.61. The topological polar surface area (TPSA) is 66.8 Å². The number of rotatable bonds is 4. The molecule has 6 heteroatoms. The third-order valence-corrected chi connectivity index (χ3v) is 2.74. The number of hydrogen-bond acceptors (Lipinski definition) is 3. The fourth-order valence-electron chi connectivity index (χ4n) is 1.29. The lowest BCUT2D eigenvalue weighted by Gasteiger charge is -2.15. The van der Waals surface area contributed by atoms with Gasteiger partial charge in [-0.15, -0.1) is 0 Å². The van der Waals surface area contributed by atoms with E-state index in [2.05, 4.69) is 15.9 Å². The number of nitrogens with zero attached hydrogens (tertiary/aromatic N) is 1. The molecule has 0 saturated heterocycles. The molecule has 0 saturated carbocycles. The zero-order valence-electron chi connectivity index (χ0n) is 9.44. The molecule has 0 unspecified atom stereocenters. The van der Waals surface area contributed by atoms with Gasteiger partial charge < -0.3 is 14.7 Å². The molecule has 1 rings (SSSR count). The molecule has 0 aliphatic heterocycles. The van der Waals surface area contributed by atoms with Crippen molar-refractivity contribution < 1.29 is 19.4 Å². The van der Waals surface area contributed by atoms with Crippen LogP contribution in [0.5, 0.6) is 5.75 Å². The highest BCUT2D eigenvalue weighted by molar-refractivity contribution is 9.10. The summed E-state index contributed by atoms with van der Waals surface area (Å²) in [6.45, 7) is -0.331. The maximum absolute atomic E-state index is 11.8. The van der Waals surface area contributed by atoms with Gasteiger partial charge in [-0.25, -0.2) is 0 Å². The lowest BCUT2D eigenvalue weighted by atomic mass is 10.2. The Hall–Kier alpha value is -1.56. The number of likely N-dealkylation sites (N-methyl/N-ethyl adjacent to an activating group) is 1. The molecule has 1 aromatic carbocycles. The van der Waals surface area contributed by atoms with Crippen LogP contribution in [0.1, 0.15) is 10.4 Å². The molecule has 0 aromatic heterocycles. The first-order chi connectivity index (χ1) is 7.95. The summed E-state index contributed by atoms with van der Waals surface area (Å²) < 4.78 is 5.69. The number of aliphatic carboxylic acids is 1. The molecule has 0 aliphatic carbocycles. The summed E-state index contributed by atoms with van der Waals surface area (Å²) in [5, 5.41) is 8.59. The third-order valence-electron chi connectivity index (χ3n) is 2.12. The molecule has 1 N–H and O–H groups in total. The summed E-state index contributed by atoms with van der Waals surface area (Å²) in [5.74, 6) is -0.786. The van der Waals surface area contributed by atoms with Crippen LogP contribution in [0.25, 0.3) is 0 Å². The second-order valence-corrected chi connectivity index (χ2v) is 4.26. The van der Waals surface area contributed by atoms with E-state index in [1.54, 1.807) is 18.2 Å². The Labute approximate surface area is 107 Å². The number of benzene rings is 1. The third kappa shape index (κ3) is 3.45. The minimum atomic E-state index is -1.05. The number of halogens is 1. The first kappa shape index (κ1) is 13.5. The van der Waals surface area contributed by atoms with E-state index in [9.17, 15) is 9.59 Å². The second kappa shape index (κ2) is 5.67. The monoisotopic (exact) mass is 301 g/mol. The first-order valence-electron chi connectivity index (χ1n) is 4.76. The van der Waals surface area contributed by atoms with Gasteiger partial charge in [0.25, 0.3) is 5.91 Å². The molecule has 0 aliphatic rings. The van der Waals surface area contributed by atoms with Gasteiger partial charge in [0, 0.05) is 12.6 Å². The highest BCUT2D eigenvalue weighted by Crippen LogP contribution is 2.25. The van der Waals surface area contributed by atoms with Crippen LogP contribution in [0.2, 0.25) is 0 Å². The van der Waals surface area contributed by atoms with Gasteiger partial charge in [-0.2, -0.15) is 0 Å². The molecular formula is C11H12BrNO4. The Morgan fingerprint density at radius 1 is 1.47 bits per heavy atom. The highest BCUT2D eigenvalue weighted by Gasteiger charge is 2.15. The van der Waals surface area contributed by atoms with Crippen LogP contribution in [-0.4, -0.2) is 42.6 Å². The van der Waals surface area contributed by atoms with E-state index in [1.165, 1.54) is 14.2 Å². The quantitative estimate of drug-likeness (QED) is 0.917. The fraction of sp³-hybridized carbons (Fsp3) is 0.273. The number of amides is 1. The van der Waals surface area contributed by atoms with Crippen molar-refractivity contribution in [3.05, 3.63) is 28.2 Å². The number of hydrogen-bond donors (Lipinski definition) is 1. The average molecular weight is 302 g/mol. The Balaban J connectivity index is 2.89. The van der Waals surface area contributed by atoms with E-state index in [1.807, 2.05) is 0 Å². The Morgan fingerprint density at radius 2 is 2.12 bits per heavy atom. The van der Waals surface area contributed by atoms with Gasteiger partial charge in [0.2, 0.25) is 0 Å². The second-order valence-electron chi connectivity index (χ2n) is 3.40. The predicted molar refractivity (Wildman–Crippen MR) is 65.3 cm³/mol. The maximum atomic E-state index is 11.8. The van der Waals surface area contributed by atoms with Crippen molar-refractivity contribution in [2.45, 2.75) is 0 Å². The summed E-state index contributed by atoms with van der Waals surface area (Å²) in [6, 6.07) is 4.83. The van der Waals surface area contributed by atoms with Crippen molar-refractivity contribution in [1.82, 2.24) is 4.90 Å². The van der Waals surface area contributed by atoms with Crippen molar-refractivity contribution in [2.75, 3.05) is 20.7 Å². The molecule has 1 aromatic rings. The smallest absolute Gasteiger partial charge is 0.323 e. The molecule has 0 radical (unpaired) electrons. The molecule has 0 heterocycles. The Bertz CT molecular complexity index is 447. The normalized spacial score (nSPS) is 9.82. The van der Waals surface area contributed by atoms with Gasteiger partial charge in [0.05, 0.1) is 11.6 Å². The molecule has 1 amide bonds. The summed E-state index contributed by atoms with van der Waals surface area (Å²) in [5.41, 5.74) is 0.404. The molecular weight excluding hydrogens is 290 g/mol. The van der Waals surface area contributed by atoms with Gasteiger partial charge >= 0.3 is 5.97 Å². The summed E-state index contributed by atoms with van der Waals surface area (Å²) in [4.78, 5) is 23.5. The van der Waals surface area contributed by atoms with Gasteiger partial charge in [0.1, 0.15) is 12.3 Å². The van der Waals surface area contributed by atoms with Crippen LogP contribution in [0.4, 0.5) is 0 Å². The van der Waals surface area contributed by atoms with Crippen molar-refractivity contribution in [3.63, 3.8) is 0 Å². The largest absolute Gasteiger partial charge is 0.496 e. The van der Waals surface area contributed by atoms with E-state index in [4.69, 9.17) is 9.84 Å². The van der Waals surface area contributed by atoms with Crippen LogP contribution in [0.3, 0.4) is 0 Å². The molecule has 17 heavy (non-hydrogen) atoms. The van der Waals surface area contributed by atoms with E-state index in [0.29, 0.717) is 15.8 Å². The fourth-order valence-corrected chi connectivity index (χ4v) is 1.84. The standard InChI is InChI=1S/C11H12BrNO4/c1-13(6-10(14)15)11(16)7-3-4-9(17-2)8(12)5-7/h3-5H,6H2,1-2H3,(H,14,15). The van der Waals surface area contributed by atoms with E-state index >= 15 is 0 Å². The minimum absolute atomic E-state index is 0.331. The van der Waals surface area contributed by atoms with Gasteiger partial charge in [-0.1, -0.05) is 0 Å². The number of carboxylic acid groups (broad SMARTS) is 1. The van der Waals surface area contributed by atoms with Crippen LogP contribution in [0.15, 0.2) is 22.7 Å². The van der Waals surface area contributed by atoms with Crippen LogP contribution in [0, 0.1) is 0 Å². The SMILES string of the molecule is COc1ccc(C(=O)N(C)CC(=O)O)cc1Br. The van der Waals surface area contributed by atoms with Crippen LogP contribution >= 0.6 is 15.9 Å². The average Bonchev–Trinajstić information content (AvgIpc) is 2.27. The molecule has 0 atom stereocenters. The number of methoxy groups -OCH3 is 1. The Kier molecular flexibility index (Phi) is 4.51. The number of carbonyl (C=O) groups excluding carboxylic acids is 1. The van der Waals surface area contributed by atoms with Crippen LogP contribution in [-0.2, 0) is 4.79 Å². The minimum Gasteiger partial charge on any atom is -0.496 e. The van der Waals surface area contributed by atoms with Crippen molar-refractivity contribution in [2.24, 2.45) is 0 Å². The zero-order chi connectivity index (χ0) is 13.0. The molecule has 5 nitrogen and oxygen atoms in total. The maximum Gasteiger partial charge on any atom is 0.323 e. The lowest BCUT2D eigenvalue weighted by molar-refractivity contribution is -0.137. The molecule has 0 fully saturated rings. The summed E-state index contributed by atoms with van der Waals surface area (Å²) >= 11 is 3.26. The number of carboxylic acids is 1. The van der Waals surface area contributed by atoms with Crippen molar-refractivity contribution in [3.8, 4) is 5.75 Å². The summed E-state index contributed by atoms with van der Waals surface area (Å²) in [6.07, 6.45) is 0. The zero-order valence-corrected chi connectivity index (χ0v) is 11.0. The van der Waals surface area contributed by atoms with Crippen molar-refractivity contribution >= 4 is 27.8 Å². The molecule has 92 valence electrons. The van der Waals surface area contributed by atoms with Gasteiger partial charge in [-0.05, 0) is 34.1 Å². The van der Waals surface area contributed by atoms with Crippen LogP contribution < -0.4 is 4.74 Å². The highest BCUT2D eigenvalue weighted by atomic mass is 79.9. The van der Waals surface area contributed by atoms with E-state index < -0.39 is 5.97 Å². The Morgan fingerprint density at radius 3 is 2.59 bits per heavy atom. The van der Waals surface area contributed by atoms with E-state index in [-0.39, 0.29) is 12.5 Å². The number of ether oxygens (including phenoxy) is 1.